The number of carbonyl (C=O) groups excluding carboxylic acids is 5. The molecule has 4 aliphatic heterocycles. The first-order chi connectivity index (χ1) is 29.1. The molecule has 2 fully saturated rings. The molecular weight excluding hydrogens is 771 g/mol. The number of ether oxygens (including phenoxy) is 2. The van der Waals surface area contributed by atoms with E-state index < -0.39 is 29.7 Å². The number of hydrogen-bond donors (Lipinski definition) is 2. The lowest BCUT2D eigenvalue weighted by atomic mass is 10.0. The van der Waals surface area contributed by atoms with Crippen molar-refractivity contribution in [1.29, 1.82) is 0 Å². The highest BCUT2D eigenvalue weighted by Crippen LogP contribution is 2.35. The smallest absolute Gasteiger partial charge is 0.264 e. The Hall–Kier alpha value is -6.11. The third-order valence-corrected chi connectivity index (χ3v) is 11.5. The number of fused-ring (bicyclic) bond motifs is 2. The van der Waals surface area contributed by atoms with Crippen LogP contribution in [-0.4, -0.2) is 129 Å². The largest absolute Gasteiger partial charge is 0.382 e. The fourth-order valence-corrected chi connectivity index (χ4v) is 8.27. The van der Waals surface area contributed by atoms with Crippen LogP contribution in [0.1, 0.15) is 81.9 Å². The van der Waals surface area contributed by atoms with Gasteiger partial charge in [0.05, 0.1) is 55.4 Å². The summed E-state index contributed by atoms with van der Waals surface area (Å²) in [6.45, 7) is 9.22. The van der Waals surface area contributed by atoms with Gasteiger partial charge >= 0.3 is 0 Å². The Balaban J connectivity index is 0.823. The third-order valence-electron chi connectivity index (χ3n) is 11.5. The molecule has 1 aromatic carbocycles. The topological polar surface area (TPSA) is 197 Å². The molecule has 8 rings (SSSR count). The maximum Gasteiger partial charge on any atom is 0.264 e. The van der Waals surface area contributed by atoms with E-state index in [9.17, 15) is 24.0 Å². The average molecular weight is 820 g/mol. The second-order valence-corrected chi connectivity index (χ2v) is 15.4. The molecule has 18 nitrogen and oxygen atoms in total. The molecule has 0 radical (unpaired) electrons. The molecule has 0 spiro atoms. The van der Waals surface area contributed by atoms with E-state index in [1.54, 1.807) is 29.4 Å². The first kappa shape index (κ1) is 40.7. The van der Waals surface area contributed by atoms with Crippen molar-refractivity contribution in [3.05, 3.63) is 76.7 Å². The van der Waals surface area contributed by atoms with E-state index in [-0.39, 0.29) is 29.9 Å². The summed E-state index contributed by atoms with van der Waals surface area (Å²) in [4.78, 5) is 81.7. The number of pyridine rings is 2. The van der Waals surface area contributed by atoms with Crippen molar-refractivity contribution >= 4 is 46.9 Å². The minimum Gasteiger partial charge on any atom is -0.382 e. The van der Waals surface area contributed by atoms with E-state index in [4.69, 9.17) is 19.4 Å². The maximum absolute atomic E-state index is 14.1. The summed E-state index contributed by atoms with van der Waals surface area (Å²) in [7, 11) is 2.01. The van der Waals surface area contributed by atoms with Gasteiger partial charge in [0.1, 0.15) is 29.7 Å². The average Bonchev–Trinajstić information content (AvgIpc) is 4.03. The van der Waals surface area contributed by atoms with Gasteiger partial charge in [0.2, 0.25) is 11.8 Å². The molecule has 0 aliphatic carbocycles. The van der Waals surface area contributed by atoms with Crippen LogP contribution in [0, 0.1) is 0 Å². The predicted octanol–water partition coefficient (Wildman–Crippen LogP) is 2.88. The lowest BCUT2D eigenvalue weighted by Gasteiger charge is -2.27. The first-order valence-electron chi connectivity index (χ1n) is 20.5. The molecule has 18 heteroatoms. The van der Waals surface area contributed by atoms with Gasteiger partial charge in [0, 0.05) is 56.4 Å². The molecule has 60 heavy (non-hydrogen) atoms. The van der Waals surface area contributed by atoms with Gasteiger partial charge in [0.25, 0.3) is 17.7 Å². The minimum atomic E-state index is -1.02. The van der Waals surface area contributed by atoms with Crippen LogP contribution in [0.25, 0.3) is 11.5 Å². The van der Waals surface area contributed by atoms with Crippen molar-refractivity contribution < 1.29 is 33.4 Å². The van der Waals surface area contributed by atoms with Crippen LogP contribution in [0.2, 0.25) is 0 Å². The first-order valence-corrected chi connectivity index (χ1v) is 20.5. The minimum absolute atomic E-state index is 0.0584. The highest BCUT2D eigenvalue weighted by atomic mass is 16.5. The van der Waals surface area contributed by atoms with E-state index in [0.29, 0.717) is 93.8 Å². The van der Waals surface area contributed by atoms with Crippen LogP contribution in [0.4, 0.5) is 17.3 Å². The number of likely N-dealkylation sites (N-methyl/N-ethyl adjacent to an activating group) is 1. The number of benzene rings is 1. The number of nitrogens with one attached hydrogen (secondary N) is 2. The van der Waals surface area contributed by atoms with Gasteiger partial charge in [-0.1, -0.05) is 12.1 Å². The summed E-state index contributed by atoms with van der Waals surface area (Å²) in [5, 5.41) is 13.7. The number of aromatic nitrogens is 5. The second-order valence-electron chi connectivity index (χ2n) is 15.4. The fraction of sp³-hybridized carbons (Fsp3) is 0.452. The van der Waals surface area contributed by atoms with Crippen molar-refractivity contribution in [3.8, 4) is 11.5 Å². The number of imide groups is 2. The van der Waals surface area contributed by atoms with Crippen LogP contribution >= 0.6 is 0 Å². The molecule has 314 valence electrons. The Bertz CT molecular complexity index is 2310. The van der Waals surface area contributed by atoms with E-state index >= 15 is 0 Å². The van der Waals surface area contributed by atoms with Crippen LogP contribution in [0.5, 0.6) is 0 Å². The van der Waals surface area contributed by atoms with E-state index in [1.807, 2.05) is 42.8 Å². The molecule has 4 aliphatic rings. The van der Waals surface area contributed by atoms with Gasteiger partial charge in [-0.25, -0.2) is 9.97 Å². The summed E-state index contributed by atoms with van der Waals surface area (Å²) >= 11 is 0. The molecule has 0 saturated carbocycles. The van der Waals surface area contributed by atoms with Crippen molar-refractivity contribution in [2.24, 2.45) is 0 Å². The van der Waals surface area contributed by atoms with Gasteiger partial charge < -0.3 is 24.3 Å². The summed E-state index contributed by atoms with van der Waals surface area (Å²) in [6, 6.07) is 11.8. The van der Waals surface area contributed by atoms with Crippen LogP contribution < -0.4 is 20.4 Å². The zero-order chi connectivity index (χ0) is 41.9. The van der Waals surface area contributed by atoms with E-state index in [2.05, 4.69) is 37.6 Å². The van der Waals surface area contributed by atoms with Crippen molar-refractivity contribution in [2.45, 2.75) is 71.2 Å². The van der Waals surface area contributed by atoms with Gasteiger partial charge in [0.15, 0.2) is 5.82 Å². The Morgan fingerprint density at radius 3 is 2.52 bits per heavy atom. The number of carbonyl (C=O) groups is 5. The van der Waals surface area contributed by atoms with E-state index in [1.165, 1.54) is 0 Å². The molecular formula is C42H49N11O7. The third kappa shape index (κ3) is 8.09. The number of piperidine rings is 1. The van der Waals surface area contributed by atoms with Crippen LogP contribution in [-0.2, 0) is 38.7 Å². The highest BCUT2D eigenvalue weighted by Gasteiger charge is 2.45. The number of nitrogens with zero attached hydrogens (tertiary/aromatic N) is 9. The van der Waals surface area contributed by atoms with Crippen LogP contribution in [0.3, 0.4) is 0 Å². The van der Waals surface area contributed by atoms with Crippen molar-refractivity contribution in [2.75, 3.05) is 68.2 Å². The number of amides is 5. The van der Waals surface area contributed by atoms with Gasteiger partial charge in [-0.15, -0.1) is 10.2 Å². The summed E-state index contributed by atoms with van der Waals surface area (Å²) in [6.07, 6.45) is 3.99. The van der Waals surface area contributed by atoms with Gasteiger partial charge in [-0.2, -0.15) is 0 Å². The zero-order valence-corrected chi connectivity index (χ0v) is 34.1. The van der Waals surface area contributed by atoms with Gasteiger partial charge in [-0.05, 0) is 70.5 Å². The lowest BCUT2D eigenvalue weighted by Crippen LogP contribution is -2.54. The number of aryl methyl sites for hydroxylation is 1. The maximum atomic E-state index is 14.1. The predicted molar refractivity (Wildman–Crippen MR) is 219 cm³/mol. The Labute approximate surface area is 347 Å². The Morgan fingerprint density at radius 2 is 1.73 bits per heavy atom. The molecule has 3 aromatic heterocycles. The molecule has 2 N–H and O–H groups in total. The molecule has 4 aromatic rings. The second kappa shape index (κ2) is 17.6. The summed E-state index contributed by atoms with van der Waals surface area (Å²) in [5.74, 6) is -0.260. The highest BCUT2D eigenvalue weighted by molar-refractivity contribution is 6.25. The summed E-state index contributed by atoms with van der Waals surface area (Å²) < 4.78 is 13.6. The molecule has 5 amide bonds. The fourth-order valence-electron chi connectivity index (χ4n) is 8.27. The Kier molecular flexibility index (Phi) is 11.9. The number of hydrogen-bond acceptors (Lipinski definition) is 14. The molecule has 2 atom stereocenters. The van der Waals surface area contributed by atoms with Crippen LogP contribution in [0.15, 0.2) is 48.8 Å². The Morgan fingerprint density at radius 1 is 0.917 bits per heavy atom. The SMILES string of the molecule is CCn1cnnc1-c1cccc(N2Cc3c(cc(N4CCC[C@H]4C)nc3CN(C)CCOCCOCCNc3cccc4c3C(=O)N(C3CCC(=O)NC3=O)C4=O)C2=O)n1. The van der Waals surface area contributed by atoms with Crippen molar-refractivity contribution in [1.82, 2.24) is 39.8 Å². The van der Waals surface area contributed by atoms with Crippen molar-refractivity contribution in [3.63, 3.8) is 0 Å². The normalized spacial score (nSPS) is 18.9. The molecule has 1 unspecified atom stereocenters. The lowest BCUT2D eigenvalue weighted by molar-refractivity contribution is -0.136. The molecule has 0 bridgehead atoms. The number of anilines is 3. The molecule has 2 saturated heterocycles. The zero-order valence-electron chi connectivity index (χ0n) is 34.1. The van der Waals surface area contributed by atoms with E-state index in [0.717, 1.165) is 41.4 Å². The monoisotopic (exact) mass is 819 g/mol. The summed E-state index contributed by atoms with van der Waals surface area (Å²) in [5.41, 5.74) is 3.95. The number of rotatable bonds is 17. The quantitative estimate of drug-likeness (QED) is 0.117. The van der Waals surface area contributed by atoms with Gasteiger partial charge in [-0.3, -0.25) is 44.0 Å². The molecule has 7 heterocycles. The standard InChI is InChI=1S/C42H49N11O7/c1-4-50-25-44-48-38(50)31-11-6-12-34(45-31)52-23-29-28(40(52)56)22-35(51-16-7-8-26(51)2)46-32(29)24-49(3)17-19-60-21-20-59-18-15-43-30-10-5-9-27-37(30)42(58)53(41(27)57)33-13-14-36(54)47-39(33)55/h5-6,9-12,22,25-26,33,43H,4,7-8,13-21,23-24H2,1-3H3,(H,47,54,55)/t26-,33?/m1/s1.